The molecule has 3 heteroatoms. The zero-order chi connectivity index (χ0) is 12.1. The van der Waals surface area contributed by atoms with E-state index in [9.17, 15) is 0 Å². The molecule has 1 heterocycles. The molecule has 17 heavy (non-hydrogen) atoms. The van der Waals surface area contributed by atoms with Crippen LogP contribution in [0.4, 0.5) is 0 Å². The third-order valence-electron chi connectivity index (χ3n) is 4.01. The summed E-state index contributed by atoms with van der Waals surface area (Å²) in [5.74, 6) is 0.815. The van der Waals surface area contributed by atoms with Crippen molar-refractivity contribution in [1.82, 2.24) is 15.1 Å². The van der Waals surface area contributed by atoms with Crippen LogP contribution in [0.15, 0.2) is 12.3 Å². The lowest BCUT2D eigenvalue weighted by atomic mass is 9.97. The van der Waals surface area contributed by atoms with Gasteiger partial charge in [-0.15, -0.1) is 0 Å². The van der Waals surface area contributed by atoms with Crippen molar-refractivity contribution in [2.45, 2.75) is 65.1 Å². The molecule has 0 spiro atoms. The zero-order valence-electron chi connectivity index (χ0n) is 11.2. The van der Waals surface area contributed by atoms with Crippen LogP contribution in [-0.4, -0.2) is 15.8 Å². The van der Waals surface area contributed by atoms with Gasteiger partial charge in [0, 0.05) is 25.3 Å². The van der Waals surface area contributed by atoms with E-state index in [1.54, 1.807) is 0 Å². The Morgan fingerprint density at radius 3 is 3.00 bits per heavy atom. The normalized spacial score (nSPS) is 25.8. The van der Waals surface area contributed by atoms with Gasteiger partial charge in [0.1, 0.15) is 0 Å². The second-order valence-corrected chi connectivity index (χ2v) is 5.24. The van der Waals surface area contributed by atoms with Crippen molar-refractivity contribution >= 4 is 0 Å². The smallest absolute Gasteiger partial charge is 0.0522 e. The first-order chi connectivity index (χ1) is 8.31. The standard InChI is InChI=1S/C14H25N3/c1-3-17-13(9-10-16-17)11-15-14-8-6-4-5-7-12(14)2/h9-10,12,14-15H,3-8,11H2,1-2H3. The van der Waals surface area contributed by atoms with E-state index in [4.69, 9.17) is 0 Å². The monoisotopic (exact) mass is 235 g/mol. The fraction of sp³-hybridized carbons (Fsp3) is 0.786. The molecule has 1 aliphatic carbocycles. The molecule has 1 N–H and O–H groups in total. The van der Waals surface area contributed by atoms with Gasteiger partial charge in [-0.25, -0.2) is 0 Å². The average Bonchev–Trinajstić information content (AvgIpc) is 2.70. The van der Waals surface area contributed by atoms with Gasteiger partial charge < -0.3 is 5.32 Å². The van der Waals surface area contributed by atoms with Crippen molar-refractivity contribution in [3.8, 4) is 0 Å². The lowest BCUT2D eigenvalue weighted by Gasteiger charge is -2.23. The molecule has 0 aliphatic heterocycles. The van der Waals surface area contributed by atoms with Crippen LogP contribution in [0, 0.1) is 5.92 Å². The number of hydrogen-bond donors (Lipinski definition) is 1. The van der Waals surface area contributed by atoms with Gasteiger partial charge >= 0.3 is 0 Å². The van der Waals surface area contributed by atoms with E-state index in [1.165, 1.54) is 37.8 Å². The fourth-order valence-corrected chi connectivity index (χ4v) is 2.83. The highest BCUT2D eigenvalue weighted by molar-refractivity contribution is 5.00. The van der Waals surface area contributed by atoms with Gasteiger partial charge in [-0.1, -0.05) is 26.2 Å². The lowest BCUT2D eigenvalue weighted by Crippen LogP contribution is -2.34. The van der Waals surface area contributed by atoms with Crippen molar-refractivity contribution < 1.29 is 0 Å². The fourth-order valence-electron chi connectivity index (χ4n) is 2.83. The quantitative estimate of drug-likeness (QED) is 0.813. The maximum absolute atomic E-state index is 4.31. The number of nitrogens with zero attached hydrogens (tertiary/aromatic N) is 2. The van der Waals surface area contributed by atoms with E-state index in [-0.39, 0.29) is 0 Å². The van der Waals surface area contributed by atoms with Crippen LogP contribution >= 0.6 is 0 Å². The number of rotatable bonds is 4. The van der Waals surface area contributed by atoms with Crippen LogP contribution in [0.2, 0.25) is 0 Å². The first kappa shape index (κ1) is 12.6. The van der Waals surface area contributed by atoms with E-state index >= 15 is 0 Å². The van der Waals surface area contributed by atoms with Crippen LogP contribution in [0.25, 0.3) is 0 Å². The SMILES string of the molecule is CCn1nccc1CNC1CCCCCC1C. The molecule has 1 aromatic heterocycles. The molecule has 0 amide bonds. The largest absolute Gasteiger partial charge is 0.308 e. The van der Waals surface area contributed by atoms with E-state index in [1.807, 2.05) is 6.20 Å². The molecular formula is C14H25N3. The summed E-state index contributed by atoms with van der Waals surface area (Å²) in [5, 5.41) is 8.04. The summed E-state index contributed by atoms with van der Waals surface area (Å²) in [7, 11) is 0. The molecule has 2 rings (SSSR count). The number of aromatic nitrogens is 2. The second-order valence-electron chi connectivity index (χ2n) is 5.24. The maximum Gasteiger partial charge on any atom is 0.0522 e. The Labute approximate surface area is 105 Å². The minimum absolute atomic E-state index is 0.692. The molecule has 1 saturated carbocycles. The Bertz CT molecular complexity index is 332. The third kappa shape index (κ3) is 3.32. The molecule has 0 aromatic carbocycles. The van der Waals surface area contributed by atoms with Gasteiger partial charge in [0.05, 0.1) is 5.69 Å². The molecule has 0 saturated heterocycles. The topological polar surface area (TPSA) is 29.9 Å². The molecule has 0 radical (unpaired) electrons. The van der Waals surface area contributed by atoms with Gasteiger partial charge in [-0.05, 0) is 31.7 Å². The van der Waals surface area contributed by atoms with Crippen LogP contribution in [0.1, 0.15) is 51.6 Å². The van der Waals surface area contributed by atoms with E-state index in [2.05, 4.69) is 35.0 Å². The first-order valence-electron chi connectivity index (χ1n) is 7.05. The van der Waals surface area contributed by atoms with Crippen LogP contribution in [0.5, 0.6) is 0 Å². The highest BCUT2D eigenvalue weighted by Crippen LogP contribution is 2.23. The minimum Gasteiger partial charge on any atom is -0.308 e. The highest BCUT2D eigenvalue weighted by Gasteiger charge is 2.19. The van der Waals surface area contributed by atoms with Crippen LogP contribution in [-0.2, 0) is 13.1 Å². The van der Waals surface area contributed by atoms with E-state index < -0.39 is 0 Å². The summed E-state index contributed by atoms with van der Waals surface area (Å²) in [4.78, 5) is 0. The van der Waals surface area contributed by atoms with Crippen LogP contribution < -0.4 is 5.32 Å². The summed E-state index contributed by atoms with van der Waals surface area (Å²) in [6.07, 6.45) is 8.82. The molecule has 1 fully saturated rings. The Hall–Kier alpha value is -0.830. The Morgan fingerprint density at radius 2 is 2.18 bits per heavy atom. The maximum atomic E-state index is 4.31. The van der Waals surface area contributed by atoms with Crippen molar-refractivity contribution in [3.05, 3.63) is 18.0 Å². The summed E-state index contributed by atoms with van der Waals surface area (Å²) in [5.41, 5.74) is 1.31. The third-order valence-corrected chi connectivity index (χ3v) is 4.01. The number of aryl methyl sites for hydroxylation is 1. The minimum atomic E-state index is 0.692. The van der Waals surface area contributed by atoms with E-state index in [0.29, 0.717) is 6.04 Å². The van der Waals surface area contributed by atoms with Crippen molar-refractivity contribution in [1.29, 1.82) is 0 Å². The molecule has 2 unspecified atom stereocenters. The lowest BCUT2D eigenvalue weighted by molar-refractivity contribution is 0.351. The van der Waals surface area contributed by atoms with Crippen molar-refractivity contribution in [3.63, 3.8) is 0 Å². The average molecular weight is 235 g/mol. The summed E-state index contributed by atoms with van der Waals surface area (Å²) >= 11 is 0. The molecule has 1 aliphatic rings. The van der Waals surface area contributed by atoms with Crippen molar-refractivity contribution in [2.24, 2.45) is 5.92 Å². The Balaban J connectivity index is 1.88. The highest BCUT2D eigenvalue weighted by atomic mass is 15.3. The van der Waals surface area contributed by atoms with Gasteiger partial charge in [0.25, 0.3) is 0 Å². The zero-order valence-corrected chi connectivity index (χ0v) is 11.2. The van der Waals surface area contributed by atoms with Gasteiger partial charge in [-0.3, -0.25) is 4.68 Å². The first-order valence-corrected chi connectivity index (χ1v) is 7.05. The summed E-state index contributed by atoms with van der Waals surface area (Å²) in [6, 6.07) is 2.82. The second kappa shape index (κ2) is 6.20. The Kier molecular flexibility index (Phi) is 4.60. The molecule has 3 nitrogen and oxygen atoms in total. The predicted molar refractivity (Wildman–Crippen MR) is 70.8 cm³/mol. The Morgan fingerprint density at radius 1 is 1.35 bits per heavy atom. The number of hydrogen-bond acceptors (Lipinski definition) is 2. The van der Waals surface area contributed by atoms with Crippen LogP contribution in [0.3, 0.4) is 0 Å². The predicted octanol–water partition coefficient (Wildman–Crippen LogP) is 2.96. The van der Waals surface area contributed by atoms with Crippen molar-refractivity contribution in [2.75, 3.05) is 0 Å². The molecular weight excluding hydrogens is 210 g/mol. The molecule has 0 bridgehead atoms. The molecule has 96 valence electrons. The van der Waals surface area contributed by atoms with Gasteiger partial charge in [-0.2, -0.15) is 5.10 Å². The number of nitrogens with one attached hydrogen (secondary N) is 1. The van der Waals surface area contributed by atoms with Gasteiger partial charge in [0.15, 0.2) is 0 Å². The van der Waals surface area contributed by atoms with E-state index in [0.717, 1.165) is 19.0 Å². The molecule has 1 aromatic rings. The molecule has 2 atom stereocenters. The van der Waals surface area contributed by atoms with Gasteiger partial charge in [0.2, 0.25) is 0 Å². The summed E-state index contributed by atoms with van der Waals surface area (Å²) < 4.78 is 2.08. The summed E-state index contributed by atoms with van der Waals surface area (Å²) in [6.45, 7) is 6.46.